The Morgan fingerprint density at radius 1 is 0.839 bits per heavy atom. The Hall–Kier alpha value is -3.66. The van der Waals surface area contributed by atoms with Crippen LogP contribution in [0.1, 0.15) is 10.4 Å². The zero-order valence-electron chi connectivity index (χ0n) is 16.1. The molecule has 1 amide bonds. The zero-order valence-corrected chi connectivity index (χ0v) is 18.3. The van der Waals surface area contributed by atoms with Gasteiger partial charge in [-0.3, -0.25) is 9.78 Å². The minimum absolute atomic E-state index is 0.145. The van der Waals surface area contributed by atoms with Gasteiger partial charge in [-0.05, 0) is 83.3 Å². The summed E-state index contributed by atoms with van der Waals surface area (Å²) in [5, 5.41) is 16.0. The number of anilines is 1. The number of amides is 1. The normalized spacial score (nSPS) is 10.9. The lowest BCUT2D eigenvalue weighted by atomic mass is 10.1. The molecular weight excluding hydrogens is 503 g/mol. The van der Waals surface area contributed by atoms with Gasteiger partial charge < -0.3 is 5.32 Å². The van der Waals surface area contributed by atoms with Crippen molar-refractivity contribution >= 4 is 39.8 Å². The summed E-state index contributed by atoms with van der Waals surface area (Å²) in [6.07, 6.45) is 1.71. The first-order valence-corrected chi connectivity index (χ1v) is 10.6. The molecule has 0 bridgehead atoms. The van der Waals surface area contributed by atoms with E-state index in [2.05, 4.69) is 43.1 Å². The fourth-order valence-electron chi connectivity index (χ4n) is 3.13. The number of rotatable bonds is 4. The highest BCUT2D eigenvalue weighted by atomic mass is 127. The Balaban J connectivity index is 1.40. The number of carbonyl (C=O) groups excluding carboxylic acids is 1. The van der Waals surface area contributed by atoms with E-state index in [-0.39, 0.29) is 5.91 Å². The maximum absolute atomic E-state index is 12.4. The standard InChI is InChI=1S/C23H15IN6O/c24-17-8-4-16(5-9-17)23(31)26-18-10-6-15(7-11-18)19-12-13-21-27-28-22(30(21)29-19)20-3-1-2-14-25-20/h1-14H,(H,26,31). The SMILES string of the molecule is O=C(Nc1ccc(-c2ccc3nnc(-c4ccccn4)n3n2)cc1)c1ccc(I)cc1. The molecule has 0 atom stereocenters. The fourth-order valence-corrected chi connectivity index (χ4v) is 3.49. The minimum atomic E-state index is -0.145. The number of hydrogen-bond acceptors (Lipinski definition) is 5. The summed E-state index contributed by atoms with van der Waals surface area (Å²) in [5.74, 6) is 0.437. The molecule has 0 fully saturated rings. The molecule has 0 aliphatic heterocycles. The van der Waals surface area contributed by atoms with Gasteiger partial charge in [0.15, 0.2) is 5.65 Å². The quantitative estimate of drug-likeness (QED) is 0.349. The van der Waals surface area contributed by atoms with Crippen LogP contribution in [0.3, 0.4) is 0 Å². The molecule has 3 heterocycles. The maximum Gasteiger partial charge on any atom is 0.255 e. The van der Waals surface area contributed by atoms with E-state index < -0.39 is 0 Å². The summed E-state index contributed by atoms with van der Waals surface area (Å²) in [4.78, 5) is 16.8. The number of nitrogens with zero attached hydrogens (tertiary/aromatic N) is 5. The van der Waals surface area contributed by atoms with E-state index in [1.807, 2.05) is 78.9 Å². The molecular formula is C23H15IN6O. The second-order valence-corrected chi connectivity index (χ2v) is 8.01. The van der Waals surface area contributed by atoms with Crippen LogP contribution in [0.2, 0.25) is 0 Å². The van der Waals surface area contributed by atoms with Crippen molar-refractivity contribution in [2.24, 2.45) is 0 Å². The summed E-state index contributed by atoms with van der Waals surface area (Å²) < 4.78 is 2.77. The first-order chi connectivity index (χ1) is 15.2. The topological polar surface area (TPSA) is 85.1 Å². The van der Waals surface area contributed by atoms with Gasteiger partial charge >= 0.3 is 0 Å². The number of nitrogens with one attached hydrogen (secondary N) is 1. The van der Waals surface area contributed by atoms with E-state index in [1.54, 1.807) is 10.7 Å². The maximum atomic E-state index is 12.4. The van der Waals surface area contributed by atoms with Crippen LogP contribution in [-0.4, -0.2) is 30.7 Å². The number of aromatic nitrogens is 5. The lowest BCUT2D eigenvalue weighted by Gasteiger charge is -2.07. The van der Waals surface area contributed by atoms with Crippen LogP contribution < -0.4 is 5.32 Å². The highest BCUT2D eigenvalue weighted by Gasteiger charge is 2.12. The van der Waals surface area contributed by atoms with Gasteiger partial charge in [0.25, 0.3) is 5.91 Å². The minimum Gasteiger partial charge on any atom is -0.322 e. The zero-order chi connectivity index (χ0) is 21.2. The third kappa shape index (κ3) is 4.02. The van der Waals surface area contributed by atoms with Crippen LogP contribution in [0.25, 0.3) is 28.4 Å². The molecule has 5 rings (SSSR count). The molecule has 0 aliphatic carbocycles. The number of halogens is 1. The van der Waals surface area contributed by atoms with Crippen molar-refractivity contribution in [3.05, 3.63) is 94.2 Å². The average Bonchev–Trinajstić information content (AvgIpc) is 3.24. The van der Waals surface area contributed by atoms with E-state index in [1.165, 1.54) is 0 Å². The van der Waals surface area contributed by atoms with Crippen LogP contribution >= 0.6 is 22.6 Å². The lowest BCUT2D eigenvalue weighted by Crippen LogP contribution is -2.11. The predicted octanol–water partition coefficient (Wildman–Crippen LogP) is 4.71. The molecule has 31 heavy (non-hydrogen) atoms. The Morgan fingerprint density at radius 3 is 2.39 bits per heavy atom. The van der Waals surface area contributed by atoms with Gasteiger partial charge in [-0.2, -0.15) is 9.61 Å². The van der Waals surface area contributed by atoms with Crippen molar-refractivity contribution in [3.63, 3.8) is 0 Å². The van der Waals surface area contributed by atoms with Crippen LogP contribution in [0.15, 0.2) is 85.1 Å². The second-order valence-electron chi connectivity index (χ2n) is 6.77. The largest absolute Gasteiger partial charge is 0.322 e. The van der Waals surface area contributed by atoms with Crippen LogP contribution in [0.4, 0.5) is 5.69 Å². The fraction of sp³-hybridized carbons (Fsp3) is 0. The van der Waals surface area contributed by atoms with Crippen molar-refractivity contribution in [2.75, 3.05) is 5.32 Å². The second kappa shape index (κ2) is 8.23. The van der Waals surface area contributed by atoms with E-state index in [0.29, 0.717) is 28.4 Å². The molecule has 5 aromatic rings. The molecule has 150 valence electrons. The summed E-state index contributed by atoms with van der Waals surface area (Å²) in [5.41, 5.74) is 4.35. The first-order valence-electron chi connectivity index (χ1n) is 9.49. The number of carbonyl (C=O) groups is 1. The van der Waals surface area contributed by atoms with E-state index >= 15 is 0 Å². The molecule has 0 saturated heterocycles. The monoisotopic (exact) mass is 518 g/mol. The van der Waals surface area contributed by atoms with Crippen molar-refractivity contribution < 1.29 is 4.79 Å². The first kappa shape index (κ1) is 19.3. The molecule has 3 aromatic heterocycles. The third-order valence-electron chi connectivity index (χ3n) is 4.70. The molecule has 8 heteroatoms. The molecule has 0 unspecified atom stereocenters. The van der Waals surface area contributed by atoms with Crippen molar-refractivity contribution in [1.82, 2.24) is 24.8 Å². The molecule has 0 aliphatic rings. The van der Waals surface area contributed by atoms with Gasteiger partial charge in [-0.15, -0.1) is 10.2 Å². The summed E-state index contributed by atoms with van der Waals surface area (Å²) in [7, 11) is 0. The molecule has 2 aromatic carbocycles. The van der Waals surface area contributed by atoms with Crippen molar-refractivity contribution in [2.45, 2.75) is 0 Å². The van der Waals surface area contributed by atoms with Crippen molar-refractivity contribution in [1.29, 1.82) is 0 Å². The van der Waals surface area contributed by atoms with Crippen LogP contribution in [-0.2, 0) is 0 Å². The molecule has 1 N–H and O–H groups in total. The average molecular weight is 518 g/mol. The van der Waals surface area contributed by atoms with Crippen LogP contribution in [0.5, 0.6) is 0 Å². The number of pyridine rings is 1. The molecule has 0 spiro atoms. The Labute approximate surface area is 191 Å². The number of benzene rings is 2. The van der Waals surface area contributed by atoms with E-state index in [4.69, 9.17) is 5.10 Å². The summed E-state index contributed by atoms with van der Waals surface area (Å²) >= 11 is 2.21. The highest BCUT2D eigenvalue weighted by Crippen LogP contribution is 2.22. The predicted molar refractivity (Wildman–Crippen MR) is 127 cm³/mol. The van der Waals surface area contributed by atoms with Gasteiger partial charge in [0.2, 0.25) is 5.82 Å². The Kier molecular flexibility index (Phi) is 5.13. The van der Waals surface area contributed by atoms with Gasteiger partial charge in [0.05, 0.1) is 5.69 Å². The summed E-state index contributed by atoms with van der Waals surface area (Å²) in [6.45, 7) is 0. The Bertz CT molecular complexity index is 1370. The third-order valence-corrected chi connectivity index (χ3v) is 5.42. The molecule has 0 radical (unpaired) electrons. The number of fused-ring (bicyclic) bond motifs is 1. The van der Waals surface area contributed by atoms with Gasteiger partial charge in [-0.1, -0.05) is 18.2 Å². The van der Waals surface area contributed by atoms with Crippen LogP contribution in [0, 0.1) is 3.57 Å². The smallest absolute Gasteiger partial charge is 0.255 e. The van der Waals surface area contributed by atoms with E-state index in [9.17, 15) is 4.79 Å². The molecule has 7 nitrogen and oxygen atoms in total. The van der Waals surface area contributed by atoms with Gasteiger partial charge in [0, 0.05) is 26.6 Å². The Morgan fingerprint density at radius 2 is 1.65 bits per heavy atom. The lowest BCUT2D eigenvalue weighted by molar-refractivity contribution is 0.102. The van der Waals surface area contributed by atoms with Gasteiger partial charge in [-0.25, -0.2) is 0 Å². The highest BCUT2D eigenvalue weighted by molar-refractivity contribution is 14.1. The number of hydrogen-bond donors (Lipinski definition) is 1. The molecule has 0 saturated carbocycles. The van der Waals surface area contributed by atoms with Crippen molar-refractivity contribution in [3.8, 4) is 22.8 Å². The summed E-state index contributed by atoms with van der Waals surface area (Å²) in [6, 6.07) is 24.4. The van der Waals surface area contributed by atoms with E-state index in [0.717, 1.165) is 14.8 Å². The van der Waals surface area contributed by atoms with Gasteiger partial charge in [0.1, 0.15) is 5.69 Å².